The Bertz CT molecular complexity index is 776. The van der Waals surface area contributed by atoms with Gasteiger partial charge in [0.25, 0.3) is 5.91 Å². The Balaban J connectivity index is 1.67. The van der Waals surface area contributed by atoms with Crippen molar-refractivity contribution in [1.29, 1.82) is 0 Å². The van der Waals surface area contributed by atoms with E-state index in [1.54, 1.807) is 24.3 Å². The van der Waals surface area contributed by atoms with Crippen LogP contribution in [0.1, 0.15) is 16.2 Å². The van der Waals surface area contributed by atoms with Gasteiger partial charge in [0, 0.05) is 0 Å². The minimum absolute atomic E-state index is 0.242. The first-order chi connectivity index (χ1) is 10.2. The first kappa shape index (κ1) is 13.6. The highest BCUT2D eigenvalue weighted by atomic mass is 35.5. The lowest BCUT2D eigenvalue weighted by Crippen LogP contribution is -2.17. The summed E-state index contributed by atoms with van der Waals surface area (Å²) in [6.07, 6.45) is 2.93. The predicted octanol–water partition coefficient (Wildman–Crippen LogP) is 3.15. The standard InChI is InChI=1S/C13H9ClN4O2S/c14-12-4-3-11(21-12)9-6-10(17-16-9)13(19)18-15-7-8-2-1-5-20-8/h1-7H,(H,16,17)(H,18,19)/b15-7-. The number of nitrogens with one attached hydrogen (secondary N) is 2. The van der Waals surface area contributed by atoms with Crippen molar-refractivity contribution in [2.45, 2.75) is 0 Å². The monoisotopic (exact) mass is 320 g/mol. The number of hydrazone groups is 1. The molecule has 0 saturated heterocycles. The summed E-state index contributed by atoms with van der Waals surface area (Å²) in [5.74, 6) is 0.134. The third kappa shape index (κ3) is 3.21. The summed E-state index contributed by atoms with van der Waals surface area (Å²) >= 11 is 7.28. The molecule has 0 radical (unpaired) electrons. The third-order valence-electron chi connectivity index (χ3n) is 2.55. The zero-order valence-corrected chi connectivity index (χ0v) is 12.1. The van der Waals surface area contributed by atoms with Gasteiger partial charge >= 0.3 is 0 Å². The van der Waals surface area contributed by atoms with Crippen LogP contribution in [-0.4, -0.2) is 22.3 Å². The van der Waals surface area contributed by atoms with Crippen LogP contribution < -0.4 is 5.43 Å². The Hall–Kier alpha value is -2.38. The molecule has 3 aromatic rings. The summed E-state index contributed by atoms with van der Waals surface area (Å²) in [7, 11) is 0. The van der Waals surface area contributed by atoms with E-state index in [-0.39, 0.29) is 5.69 Å². The van der Waals surface area contributed by atoms with E-state index in [2.05, 4.69) is 20.7 Å². The van der Waals surface area contributed by atoms with E-state index in [9.17, 15) is 4.79 Å². The molecule has 0 fully saturated rings. The van der Waals surface area contributed by atoms with Crippen molar-refractivity contribution in [2.24, 2.45) is 5.10 Å². The SMILES string of the molecule is O=C(N/N=C\c1ccco1)c1cc(-c2ccc(Cl)s2)[nH]n1. The quantitative estimate of drug-likeness (QED) is 0.572. The van der Waals surface area contributed by atoms with Gasteiger partial charge in [-0.15, -0.1) is 11.3 Å². The third-order valence-corrected chi connectivity index (χ3v) is 3.81. The molecule has 6 nitrogen and oxygen atoms in total. The minimum Gasteiger partial charge on any atom is -0.463 e. The largest absolute Gasteiger partial charge is 0.463 e. The van der Waals surface area contributed by atoms with Crippen molar-refractivity contribution in [3.63, 3.8) is 0 Å². The number of halogens is 1. The molecule has 1 amide bonds. The molecule has 0 saturated carbocycles. The summed E-state index contributed by atoms with van der Waals surface area (Å²) in [4.78, 5) is 12.8. The van der Waals surface area contributed by atoms with Gasteiger partial charge in [-0.2, -0.15) is 10.2 Å². The van der Waals surface area contributed by atoms with Crippen molar-refractivity contribution in [2.75, 3.05) is 0 Å². The lowest BCUT2D eigenvalue weighted by molar-refractivity contribution is 0.0950. The second-order valence-electron chi connectivity index (χ2n) is 3.99. The average molecular weight is 321 g/mol. The molecular formula is C13H9ClN4O2S. The molecule has 21 heavy (non-hydrogen) atoms. The molecule has 106 valence electrons. The van der Waals surface area contributed by atoms with E-state index in [4.69, 9.17) is 16.0 Å². The molecule has 0 bridgehead atoms. The number of nitrogens with zero attached hydrogens (tertiary/aromatic N) is 2. The zero-order valence-electron chi connectivity index (χ0n) is 10.5. The number of carbonyl (C=O) groups is 1. The maximum Gasteiger partial charge on any atom is 0.291 e. The Morgan fingerprint density at radius 1 is 1.48 bits per heavy atom. The van der Waals surface area contributed by atoms with Crippen LogP contribution in [-0.2, 0) is 0 Å². The van der Waals surface area contributed by atoms with Gasteiger partial charge in [-0.05, 0) is 30.3 Å². The summed E-state index contributed by atoms with van der Waals surface area (Å²) in [5.41, 5.74) is 3.34. The first-order valence-corrected chi connectivity index (χ1v) is 7.10. The lowest BCUT2D eigenvalue weighted by Gasteiger charge is -1.93. The second kappa shape index (κ2) is 5.94. The van der Waals surface area contributed by atoms with Gasteiger partial charge in [0.15, 0.2) is 5.69 Å². The Morgan fingerprint density at radius 3 is 3.10 bits per heavy atom. The molecule has 3 rings (SSSR count). The number of hydrogen-bond acceptors (Lipinski definition) is 5. The number of carbonyl (C=O) groups excluding carboxylic acids is 1. The number of H-pyrrole nitrogens is 1. The molecule has 8 heteroatoms. The summed E-state index contributed by atoms with van der Waals surface area (Å²) in [6.45, 7) is 0. The van der Waals surface area contributed by atoms with Gasteiger partial charge in [-0.1, -0.05) is 11.6 Å². The molecule has 0 aliphatic carbocycles. The predicted molar refractivity (Wildman–Crippen MR) is 80.7 cm³/mol. The topological polar surface area (TPSA) is 83.3 Å². The van der Waals surface area contributed by atoms with Crippen LogP contribution >= 0.6 is 22.9 Å². The van der Waals surface area contributed by atoms with Crippen molar-refractivity contribution in [3.8, 4) is 10.6 Å². The van der Waals surface area contributed by atoms with Crippen LogP contribution in [0.25, 0.3) is 10.6 Å². The van der Waals surface area contributed by atoms with Crippen molar-refractivity contribution < 1.29 is 9.21 Å². The number of amides is 1. The smallest absolute Gasteiger partial charge is 0.291 e. The highest BCUT2D eigenvalue weighted by molar-refractivity contribution is 7.19. The fourth-order valence-electron chi connectivity index (χ4n) is 1.60. The normalized spacial score (nSPS) is 11.1. The highest BCUT2D eigenvalue weighted by Crippen LogP contribution is 2.29. The fraction of sp³-hybridized carbons (Fsp3) is 0. The lowest BCUT2D eigenvalue weighted by atomic mass is 10.3. The maximum atomic E-state index is 11.9. The van der Waals surface area contributed by atoms with E-state index >= 15 is 0 Å². The van der Waals surface area contributed by atoms with Crippen molar-refractivity contribution in [1.82, 2.24) is 15.6 Å². The number of aromatic amines is 1. The second-order valence-corrected chi connectivity index (χ2v) is 5.70. The fourth-order valence-corrected chi connectivity index (χ4v) is 2.61. The van der Waals surface area contributed by atoms with Crippen molar-refractivity contribution >= 4 is 35.1 Å². The average Bonchev–Trinajstić information content (AvgIpc) is 3.19. The van der Waals surface area contributed by atoms with Gasteiger partial charge in [0.05, 0.1) is 27.4 Å². The molecule has 0 unspecified atom stereocenters. The van der Waals surface area contributed by atoms with E-state index in [0.717, 1.165) is 10.6 Å². The number of rotatable bonds is 4. The number of furan rings is 1. The molecule has 0 aliphatic heterocycles. The summed E-state index contributed by atoms with van der Waals surface area (Å²) < 4.78 is 5.73. The Labute approximate surface area is 128 Å². The number of hydrogen-bond donors (Lipinski definition) is 2. The molecule has 0 aromatic carbocycles. The van der Waals surface area contributed by atoms with Gasteiger partial charge in [-0.3, -0.25) is 9.89 Å². The van der Waals surface area contributed by atoms with E-state index in [1.807, 2.05) is 6.07 Å². The van der Waals surface area contributed by atoms with E-state index in [1.165, 1.54) is 23.8 Å². The van der Waals surface area contributed by atoms with Crippen LogP contribution in [0.2, 0.25) is 4.34 Å². The molecule has 3 aromatic heterocycles. The molecule has 0 atom stereocenters. The van der Waals surface area contributed by atoms with Gasteiger partial charge in [0.1, 0.15) is 5.76 Å². The summed E-state index contributed by atoms with van der Waals surface area (Å²) in [6, 6.07) is 8.74. The highest BCUT2D eigenvalue weighted by Gasteiger charge is 2.11. The van der Waals surface area contributed by atoms with Crippen LogP contribution in [0.4, 0.5) is 0 Å². The number of thiophene rings is 1. The van der Waals surface area contributed by atoms with Crippen LogP contribution in [0, 0.1) is 0 Å². The van der Waals surface area contributed by atoms with Gasteiger partial charge < -0.3 is 4.42 Å². The van der Waals surface area contributed by atoms with E-state index < -0.39 is 5.91 Å². The molecule has 0 spiro atoms. The van der Waals surface area contributed by atoms with Gasteiger partial charge in [-0.25, -0.2) is 5.43 Å². The summed E-state index contributed by atoms with van der Waals surface area (Å²) in [5, 5.41) is 10.5. The maximum absolute atomic E-state index is 11.9. The first-order valence-electron chi connectivity index (χ1n) is 5.90. The van der Waals surface area contributed by atoms with Crippen LogP contribution in [0.15, 0.2) is 46.1 Å². The van der Waals surface area contributed by atoms with Crippen molar-refractivity contribution in [3.05, 3.63) is 52.4 Å². The molecule has 3 heterocycles. The zero-order chi connectivity index (χ0) is 14.7. The molecular weight excluding hydrogens is 312 g/mol. The van der Waals surface area contributed by atoms with E-state index in [0.29, 0.717) is 10.1 Å². The minimum atomic E-state index is -0.414. The Morgan fingerprint density at radius 2 is 2.38 bits per heavy atom. The van der Waals surface area contributed by atoms with Gasteiger partial charge in [0.2, 0.25) is 0 Å². The van der Waals surface area contributed by atoms with Crippen LogP contribution in [0.5, 0.6) is 0 Å². The molecule has 0 aliphatic rings. The number of aromatic nitrogens is 2. The molecule has 2 N–H and O–H groups in total. The van der Waals surface area contributed by atoms with Crippen LogP contribution in [0.3, 0.4) is 0 Å². The Kier molecular flexibility index (Phi) is 3.85.